The number of imidazole rings is 1. The van der Waals surface area contributed by atoms with E-state index in [1.165, 1.54) is 11.3 Å². The van der Waals surface area contributed by atoms with Crippen molar-refractivity contribution in [3.63, 3.8) is 0 Å². The van der Waals surface area contributed by atoms with E-state index in [9.17, 15) is 18.4 Å². The third-order valence-electron chi connectivity index (χ3n) is 6.94. The third kappa shape index (κ3) is 7.16. The first-order chi connectivity index (χ1) is 21.4. The first-order valence-corrected chi connectivity index (χ1v) is 16.3. The molecule has 1 amide bonds. The van der Waals surface area contributed by atoms with Crippen LogP contribution in [0.25, 0.3) is 11.1 Å². The van der Waals surface area contributed by atoms with Crippen LogP contribution in [0.15, 0.2) is 96.4 Å². The van der Waals surface area contributed by atoms with Gasteiger partial charge in [0.05, 0.1) is 23.4 Å². The molecule has 0 spiro atoms. The fourth-order valence-corrected chi connectivity index (χ4v) is 6.54. The number of anilines is 1. The molecule has 226 valence electrons. The molecule has 0 fully saturated rings. The van der Waals surface area contributed by atoms with E-state index >= 15 is 0 Å². The Morgan fingerprint density at radius 3 is 2.27 bits per heavy atom. The monoisotopic (exact) mass is 646 g/mol. The maximum absolute atomic E-state index is 13.1. The number of hydrogen-bond donors (Lipinski definition) is 0. The number of carbonyl (C=O) groups excluding carboxylic acids is 2. The van der Waals surface area contributed by atoms with Crippen molar-refractivity contribution in [3.05, 3.63) is 130 Å². The highest BCUT2D eigenvalue weighted by molar-refractivity contribution is 7.81. The molecule has 0 saturated heterocycles. The molecular weight excluding hydrogens is 618 g/mol. The highest BCUT2D eigenvalue weighted by Gasteiger charge is 2.24. The molecule has 1 unspecified atom stereocenters. The maximum atomic E-state index is 13.1. The minimum absolute atomic E-state index is 0.0438. The Morgan fingerprint density at radius 2 is 1.64 bits per heavy atom. The van der Waals surface area contributed by atoms with Crippen LogP contribution >= 0.6 is 22.9 Å². The van der Waals surface area contributed by atoms with E-state index < -0.39 is 23.1 Å². The molecule has 0 aliphatic carbocycles. The largest absolute Gasteiger partial charge is 0.755 e. The predicted molar refractivity (Wildman–Crippen MR) is 172 cm³/mol. The van der Waals surface area contributed by atoms with E-state index in [4.69, 9.17) is 21.3 Å². The van der Waals surface area contributed by atoms with Crippen LogP contribution in [0, 0.1) is 0 Å². The summed E-state index contributed by atoms with van der Waals surface area (Å²) in [6, 6.07) is 26.5. The molecule has 0 aliphatic rings. The molecule has 1 atom stereocenters. The van der Waals surface area contributed by atoms with Crippen molar-refractivity contribution >= 4 is 51.1 Å². The lowest BCUT2D eigenvalue weighted by Crippen LogP contribution is -2.32. The Hall–Kier alpha value is -4.09. The minimum atomic E-state index is -2.81. The van der Waals surface area contributed by atoms with Gasteiger partial charge in [-0.3, -0.25) is 9.00 Å². The number of halogens is 1. The molecule has 8 nitrogen and oxygen atoms in total. The number of aromatic nitrogens is 2. The number of rotatable bonds is 12. The Balaban J connectivity index is 1.36. The van der Waals surface area contributed by atoms with Gasteiger partial charge < -0.3 is 13.9 Å². The van der Waals surface area contributed by atoms with Crippen LogP contribution in [0.2, 0.25) is 5.15 Å². The van der Waals surface area contributed by atoms with Crippen molar-refractivity contribution in [2.45, 2.75) is 39.3 Å². The minimum Gasteiger partial charge on any atom is -0.755 e. The van der Waals surface area contributed by atoms with Gasteiger partial charge in [0.25, 0.3) is 5.91 Å². The van der Waals surface area contributed by atoms with Crippen LogP contribution < -0.4 is 4.31 Å². The fraction of sp³-hybridized carbons (Fsp3) is 0.182. The summed E-state index contributed by atoms with van der Waals surface area (Å²) in [5.74, 6) is -0.266. The van der Waals surface area contributed by atoms with Crippen LogP contribution in [-0.4, -0.2) is 30.2 Å². The molecule has 5 rings (SSSR count). The topological polar surface area (TPSA) is 105 Å². The van der Waals surface area contributed by atoms with Crippen LogP contribution in [0.4, 0.5) is 5.00 Å². The number of hydrogen-bond acceptors (Lipinski definition) is 7. The Morgan fingerprint density at radius 1 is 0.977 bits per heavy atom. The number of aryl methyl sites for hydroxylation is 1. The first-order valence-electron chi connectivity index (χ1n) is 14.0. The number of esters is 1. The van der Waals surface area contributed by atoms with Crippen molar-refractivity contribution in [2.75, 3.05) is 4.31 Å². The lowest BCUT2D eigenvalue weighted by atomic mass is 10.1. The van der Waals surface area contributed by atoms with Crippen molar-refractivity contribution in [2.24, 2.45) is 0 Å². The highest BCUT2D eigenvalue weighted by Crippen LogP contribution is 2.38. The molecule has 2 heterocycles. The van der Waals surface area contributed by atoms with Crippen molar-refractivity contribution < 1.29 is 23.1 Å². The second kappa shape index (κ2) is 14.6. The van der Waals surface area contributed by atoms with E-state index in [2.05, 4.69) is 6.92 Å². The van der Waals surface area contributed by atoms with Gasteiger partial charge in [-0.1, -0.05) is 85.6 Å². The molecule has 44 heavy (non-hydrogen) atoms. The van der Waals surface area contributed by atoms with Gasteiger partial charge in [0, 0.05) is 17.5 Å². The molecule has 0 bridgehead atoms. The quantitative estimate of drug-likeness (QED) is 0.103. The molecule has 0 radical (unpaired) electrons. The maximum Gasteiger partial charge on any atom is 0.338 e. The number of amides is 1. The van der Waals surface area contributed by atoms with Crippen LogP contribution in [0.1, 0.15) is 57.6 Å². The molecule has 5 aromatic rings. The lowest BCUT2D eigenvalue weighted by molar-refractivity contribution is 0.0468. The zero-order chi connectivity index (χ0) is 31.1. The van der Waals surface area contributed by atoms with Gasteiger partial charge in [0.1, 0.15) is 28.3 Å². The second-order valence-electron chi connectivity index (χ2n) is 9.92. The SMILES string of the molecule is CCCCc1nc(COC(=O)c2ccccc2)c(Cl)n1Cc1ccc(-c2ccsc2N(C(=O)c2ccccc2)S(=O)[O-])cc1. The molecule has 0 N–H and O–H groups in total. The normalized spacial score (nSPS) is 11.7. The van der Waals surface area contributed by atoms with Gasteiger partial charge in [-0.2, -0.15) is 0 Å². The van der Waals surface area contributed by atoms with Gasteiger partial charge in [-0.05, 0) is 53.3 Å². The predicted octanol–water partition coefficient (Wildman–Crippen LogP) is 7.45. The molecule has 2 aromatic heterocycles. The van der Waals surface area contributed by atoms with E-state index in [0.717, 1.165) is 40.5 Å². The number of benzene rings is 3. The van der Waals surface area contributed by atoms with Gasteiger partial charge in [0.2, 0.25) is 0 Å². The Kier molecular flexibility index (Phi) is 10.4. The zero-order valence-electron chi connectivity index (χ0n) is 23.9. The van der Waals surface area contributed by atoms with E-state index in [0.29, 0.717) is 33.5 Å². The van der Waals surface area contributed by atoms with E-state index in [1.807, 2.05) is 34.9 Å². The van der Waals surface area contributed by atoms with Gasteiger partial charge in [-0.25, -0.2) is 14.1 Å². The van der Waals surface area contributed by atoms with Crippen molar-refractivity contribution in [3.8, 4) is 11.1 Å². The zero-order valence-corrected chi connectivity index (χ0v) is 26.2. The average molecular weight is 647 g/mol. The smallest absolute Gasteiger partial charge is 0.338 e. The van der Waals surface area contributed by atoms with Gasteiger partial charge in [0.15, 0.2) is 0 Å². The summed E-state index contributed by atoms with van der Waals surface area (Å²) in [4.78, 5) is 30.3. The molecular formula is C33H29ClN3O5S2-. The molecule has 3 aromatic carbocycles. The van der Waals surface area contributed by atoms with Crippen molar-refractivity contribution in [1.29, 1.82) is 0 Å². The van der Waals surface area contributed by atoms with Crippen LogP contribution in [0.5, 0.6) is 0 Å². The summed E-state index contributed by atoms with van der Waals surface area (Å²) in [6.45, 7) is 2.50. The number of unbranched alkanes of at least 4 members (excludes halogenated alkanes) is 1. The summed E-state index contributed by atoms with van der Waals surface area (Å²) in [6.07, 6.45) is 2.63. The average Bonchev–Trinajstić information content (AvgIpc) is 3.64. The Labute approximate surface area is 267 Å². The van der Waals surface area contributed by atoms with E-state index in [1.54, 1.807) is 66.0 Å². The summed E-state index contributed by atoms with van der Waals surface area (Å²) < 4.78 is 32.6. The number of carbonyl (C=O) groups is 2. The summed E-state index contributed by atoms with van der Waals surface area (Å²) >= 11 is 5.14. The van der Waals surface area contributed by atoms with Gasteiger partial charge in [-0.15, -0.1) is 11.3 Å². The first kappa shape index (κ1) is 31.3. The molecule has 11 heteroatoms. The van der Waals surface area contributed by atoms with Crippen LogP contribution in [-0.2, 0) is 35.6 Å². The lowest BCUT2D eigenvalue weighted by Gasteiger charge is -2.24. The van der Waals surface area contributed by atoms with E-state index in [-0.39, 0.29) is 12.2 Å². The van der Waals surface area contributed by atoms with Gasteiger partial charge >= 0.3 is 5.97 Å². The molecule has 0 saturated carbocycles. The molecule has 0 aliphatic heterocycles. The second-order valence-corrected chi connectivity index (χ2v) is 12.0. The number of thiophene rings is 1. The standard InChI is InChI=1S/C33H30ClN3O5S2/c1-2-3-14-29-35-28(22-42-33(39)26-12-8-5-9-13-26)30(34)36(29)21-23-15-17-24(18-16-23)27-19-20-43-32(27)37(44(40)41)31(38)25-10-6-4-7-11-25/h4-13,15-20H,2-3,14,21-22H2,1H3,(H,40,41)/p-1. The number of nitrogens with zero attached hydrogens (tertiary/aromatic N) is 3. The van der Waals surface area contributed by atoms with Crippen LogP contribution in [0.3, 0.4) is 0 Å². The summed E-state index contributed by atoms with van der Waals surface area (Å²) in [5.41, 5.74) is 3.56. The number of ether oxygens (including phenoxy) is 1. The van der Waals surface area contributed by atoms with Crippen molar-refractivity contribution in [1.82, 2.24) is 9.55 Å². The fourth-order valence-electron chi connectivity index (χ4n) is 4.68. The Bertz CT molecular complexity index is 1760. The highest BCUT2D eigenvalue weighted by atomic mass is 35.5. The third-order valence-corrected chi connectivity index (χ3v) is 9.03. The summed E-state index contributed by atoms with van der Waals surface area (Å²) in [5, 5.41) is 2.48. The summed E-state index contributed by atoms with van der Waals surface area (Å²) in [7, 11) is 0.